The minimum absolute atomic E-state index is 0.0398. The van der Waals surface area contributed by atoms with Gasteiger partial charge in [-0.2, -0.15) is 0 Å². The van der Waals surface area contributed by atoms with Crippen LogP contribution in [0.4, 0.5) is 0 Å². The Kier molecular flexibility index (Phi) is 5.51. The van der Waals surface area contributed by atoms with Crippen LogP contribution in [0.1, 0.15) is 66.9 Å². The van der Waals surface area contributed by atoms with Gasteiger partial charge in [0, 0.05) is 12.5 Å². The van der Waals surface area contributed by atoms with Crippen molar-refractivity contribution in [1.29, 1.82) is 0 Å². The Morgan fingerprint density at radius 1 is 1.04 bits per heavy atom. The molecule has 25 heavy (non-hydrogen) atoms. The van der Waals surface area contributed by atoms with Crippen LogP contribution in [0.3, 0.4) is 0 Å². The fourth-order valence-corrected chi connectivity index (χ4v) is 2.79. The first-order valence-corrected chi connectivity index (χ1v) is 9.14. The molecule has 0 heterocycles. The van der Waals surface area contributed by atoms with Crippen molar-refractivity contribution in [2.75, 3.05) is 0 Å². The standard InChI is InChI=1S/C23H32O2/c1-8-23(6,7)17-10-9-16(2)21(12-11-17)25-20-14-18(22(3,4)5)13-19(24)15-20/h9-11,13-15,24H,8,12H2,1-7H3. The second-order valence-electron chi connectivity index (χ2n) is 8.61. The maximum atomic E-state index is 10.1. The zero-order valence-electron chi connectivity index (χ0n) is 16.7. The first kappa shape index (κ1) is 19.4. The van der Waals surface area contributed by atoms with Gasteiger partial charge in [0.1, 0.15) is 17.3 Å². The summed E-state index contributed by atoms with van der Waals surface area (Å²) in [6.45, 7) is 15.2. The molecule has 0 amide bonds. The van der Waals surface area contributed by atoms with Crippen LogP contribution in [-0.2, 0) is 5.41 Å². The van der Waals surface area contributed by atoms with Crippen molar-refractivity contribution >= 4 is 0 Å². The molecule has 0 saturated carbocycles. The maximum absolute atomic E-state index is 10.1. The van der Waals surface area contributed by atoms with Crippen LogP contribution in [-0.4, -0.2) is 5.11 Å². The Morgan fingerprint density at radius 3 is 2.32 bits per heavy atom. The molecule has 2 heteroatoms. The van der Waals surface area contributed by atoms with Crippen molar-refractivity contribution in [3.8, 4) is 11.5 Å². The number of phenols is 1. The van der Waals surface area contributed by atoms with Crippen LogP contribution >= 0.6 is 0 Å². The Bertz CT molecular complexity index is 725. The third kappa shape index (κ3) is 4.78. The molecule has 0 aliphatic heterocycles. The van der Waals surface area contributed by atoms with Crippen molar-refractivity contribution in [3.63, 3.8) is 0 Å². The van der Waals surface area contributed by atoms with E-state index in [2.05, 4.69) is 66.7 Å². The molecule has 0 bridgehead atoms. The van der Waals surface area contributed by atoms with Crippen molar-refractivity contribution < 1.29 is 9.84 Å². The summed E-state index contributed by atoms with van der Waals surface area (Å²) in [6, 6.07) is 5.52. The Labute approximate surface area is 152 Å². The van der Waals surface area contributed by atoms with Crippen LogP contribution in [0, 0.1) is 5.41 Å². The summed E-state index contributed by atoms with van der Waals surface area (Å²) >= 11 is 0. The third-order valence-corrected chi connectivity index (χ3v) is 5.12. The molecule has 1 aromatic carbocycles. The van der Waals surface area contributed by atoms with Crippen molar-refractivity contribution in [3.05, 3.63) is 58.9 Å². The first-order valence-electron chi connectivity index (χ1n) is 9.14. The summed E-state index contributed by atoms with van der Waals surface area (Å²) in [5.41, 5.74) is 3.66. The van der Waals surface area contributed by atoms with Gasteiger partial charge >= 0.3 is 0 Å². The number of rotatable bonds is 4. The summed E-state index contributed by atoms with van der Waals surface area (Å²) < 4.78 is 6.18. The van der Waals surface area contributed by atoms with Gasteiger partial charge < -0.3 is 9.84 Å². The van der Waals surface area contributed by atoms with E-state index in [0.717, 1.165) is 29.7 Å². The Hall–Kier alpha value is -1.96. The highest BCUT2D eigenvalue weighted by Gasteiger charge is 2.21. The molecule has 0 aromatic heterocycles. The lowest BCUT2D eigenvalue weighted by Crippen LogP contribution is -2.12. The van der Waals surface area contributed by atoms with Gasteiger partial charge in [0.05, 0.1) is 0 Å². The van der Waals surface area contributed by atoms with Crippen molar-refractivity contribution in [1.82, 2.24) is 0 Å². The monoisotopic (exact) mass is 340 g/mol. The van der Waals surface area contributed by atoms with Crippen LogP contribution in [0.25, 0.3) is 0 Å². The van der Waals surface area contributed by atoms with Gasteiger partial charge in [0.15, 0.2) is 0 Å². The van der Waals surface area contributed by atoms with Crippen LogP contribution in [0.5, 0.6) is 11.5 Å². The predicted molar refractivity (Wildman–Crippen MR) is 106 cm³/mol. The van der Waals surface area contributed by atoms with E-state index in [1.165, 1.54) is 5.57 Å². The zero-order chi connectivity index (χ0) is 18.8. The molecule has 0 saturated heterocycles. The quantitative estimate of drug-likeness (QED) is 0.663. The number of hydrogen-bond donors (Lipinski definition) is 1. The molecule has 0 unspecified atom stereocenters. The molecular formula is C23H32O2. The smallest absolute Gasteiger partial charge is 0.130 e. The van der Waals surface area contributed by atoms with Crippen LogP contribution < -0.4 is 4.74 Å². The second-order valence-corrected chi connectivity index (χ2v) is 8.61. The van der Waals surface area contributed by atoms with Gasteiger partial charge in [-0.15, -0.1) is 0 Å². The summed E-state index contributed by atoms with van der Waals surface area (Å²) in [7, 11) is 0. The molecule has 1 aromatic rings. The molecular weight excluding hydrogens is 308 g/mol. The van der Waals surface area contributed by atoms with Gasteiger partial charge in [-0.25, -0.2) is 0 Å². The lowest BCUT2D eigenvalue weighted by Gasteiger charge is -2.24. The number of phenolic OH excluding ortho intramolecular Hbond substituents is 1. The molecule has 2 nitrogen and oxygen atoms in total. The molecule has 0 atom stereocenters. The molecule has 1 aliphatic carbocycles. The SMILES string of the molecule is CCC(C)(C)C1=CCC(Oc2cc(O)cc(C(C)(C)C)c2)=C(C)C=C1. The second kappa shape index (κ2) is 7.11. The molecule has 0 fully saturated rings. The fraction of sp³-hybridized carbons (Fsp3) is 0.478. The molecule has 1 aliphatic rings. The summed E-state index contributed by atoms with van der Waals surface area (Å²) in [5.74, 6) is 1.87. The first-order chi connectivity index (χ1) is 11.5. The maximum Gasteiger partial charge on any atom is 0.130 e. The predicted octanol–water partition coefficient (Wildman–Crippen LogP) is 6.67. The molecule has 2 rings (SSSR count). The number of allylic oxidation sites excluding steroid dienone is 5. The molecule has 0 spiro atoms. The highest BCUT2D eigenvalue weighted by Crippen LogP contribution is 2.35. The van der Waals surface area contributed by atoms with E-state index in [1.54, 1.807) is 6.07 Å². The Balaban J connectivity index is 2.29. The summed E-state index contributed by atoms with van der Waals surface area (Å²) in [6.07, 6.45) is 8.47. The number of benzene rings is 1. The van der Waals surface area contributed by atoms with Crippen molar-refractivity contribution in [2.24, 2.45) is 5.41 Å². The van der Waals surface area contributed by atoms with E-state index in [0.29, 0.717) is 5.75 Å². The fourth-order valence-electron chi connectivity index (χ4n) is 2.79. The average Bonchev–Trinajstić information content (AvgIpc) is 2.69. The third-order valence-electron chi connectivity index (χ3n) is 5.12. The van der Waals surface area contributed by atoms with Crippen molar-refractivity contribution in [2.45, 2.75) is 66.7 Å². The van der Waals surface area contributed by atoms with Gasteiger partial charge in [0.2, 0.25) is 0 Å². The number of hydrogen-bond acceptors (Lipinski definition) is 2. The molecule has 0 radical (unpaired) electrons. The number of aromatic hydroxyl groups is 1. The molecule has 136 valence electrons. The van der Waals surface area contributed by atoms with Gasteiger partial charge in [0.25, 0.3) is 0 Å². The molecule has 1 N–H and O–H groups in total. The largest absolute Gasteiger partial charge is 0.508 e. The summed E-state index contributed by atoms with van der Waals surface area (Å²) in [5, 5.41) is 10.1. The van der Waals surface area contributed by atoms with E-state index in [1.807, 2.05) is 12.1 Å². The number of ether oxygens (including phenoxy) is 1. The lowest BCUT2D eigenvalue weighted by molar-refractivity contribution is 0.400. The van der Waals surface area contributed by atoms with E-state index >= 15 is 0 Å². The lowest BCUT2D eigenvalue weighted by atomic mass is 9.81. The van der Waals surface area contributed by atoms with E-state index in [9.17, 15) is 5.11 Å². The highest BCUT2D eigenvalue weighted by atomic mass is 16.5. The van der Waals surface area contributed by atoms with Gasteiger partial charge in [-0.05, 0) is 53.0 Å². The average molecular weight is 341 g/mol. The summed E-state index contributed by atoms with van der Waals surface area (Å²) in [4.78, 5) is 0. The normalized spacial score (nSPS) is 15.9. The van der Waals surface area contributed by atoms with Crippen LogP contribution in [0.2, 0.25) is 0 Å². The van der Waals surface area contributed by atoms with Gasteiger partial charge in [-0.1, -0.05) is 59.8 Å². The van der Waals surface area contributed by atoms with E-state index in [-0.39, 0.29) is 16.6 Å². The van der Waals surface area contributed by atoms with Crippen LogP contribution in [0.15, 0.2) is 53.3 Å². The highest BCUT2D eigenvalue weighted by molar-refractivity contribution is 5.43. The minimum atomic E-state index is -0.0398. The Morgan fingerprint density at radius 2 is 1.72 bits per heavy atom. The topological polar surface area (TPSA) is 29.5 Å². The minimum Gasteiger partial charge on any atom is -0.508 e. The van der Waals surface area contributed by atoms with E-state index < -0.39 is 0 Å². The zero-order valence-corrected chi connectivity index (χ0v) is 16.7. The van der Waals surface area contributed by atoms with E-state index in [4.69, 9.17) is 4.74 Å². The van der Waals surface area contributed by atoms with Gasteiger partial charge in [-0.3, -0.25) is 0 Å².